The molecule has 2 fully saturated rings. The zero-order valence-electron chi connectivity index (χ0n) is 19.4. The van der Waals surface area contributed by atoms with E-state index < -0.39 is 63.6 Å². The third-order valence-electron chi connectivity index (χ3n) is 6.43. The van der Waals surface area contributed by atoms with Crippen molar-refractivity contribution >= 4 is 34.5 Å². The van der Waals surface area contributed by atoms with Gasteiger partial charge in [0.25, 0.3) is 5.91 Å². The first kappa shape index (κ1) is 26.4. The van der Waals surface area contributed by atoms with Gasteiger partial charge in [-0.3, -0.25) is 14.2 Å². The van der Waals surface area contributed by atoms with Gasteiger partial charge in [0.2, 0.25) is 5.43 Å². The first-order valence-electron chi connectivity index (χ1n) is 11.6. The number of carbonyl (C=O) groups excluding carboxylic acids is 1. The van der Waals surface area contributed by atoms with Gasteiger partial charge in [0.05, 0.1) is 11.3 Å². The number of aromatic nitrogens is 2. The van der Waals surface area contributed by atoms with Crippen LogP contribution in [-0.2, 0) is 0 Å². The molecule has 0 bridgehead atoms. The second-order valence-electron chi connectivity index (χ2n) is 9.13. The molecule has 202 valence electrons. The second-order valence-corrected chi connectivity index (χ2v) is 10.3. The van der Waals surface area contributed by atoms with E-state index in [0.717, 1.165) is 4.57 Å². The van der Waals surface area contributed by atoms with Crippen LogP contribution in [0.2, 0.25) is 0 Å². The molecule has 7 nitrogen and oxygen atoms in total. The summed E-state index contributed by atoms with van der Waals surface area (Å²) < 4.78 is 84.6. The molecule has 2 aliphatic rings. The number of nitrogens with zero attached hydrogens (tertiary/aromatic N) is 3. The number of amides is 1. The standard InChI is InChI=1S/C24H20F6N4O3S/c25-12-7-15(26)19(16(27)8-12)34-9-14(23(37)32-21(11-1-2-11)24(28,29)30)20(36)13-3-4-17(31-22(13)34)33-6-5-18(35)38-10-33/h3-4,7-9,11,18,21,35H,1-2,5-6,10H2,(H,32,37)/t18?,21-/m0/s1. The molecular formula is C24H20F6N4O3S. The van der Waals surface area contributed by atoms with Gasteiger partial charge in [-0.1, -0.05) is 0 Å². The number of alkyl halides is 3. The largest absolute Gasteiger partial charge is 0.408 e. The molecule has 1 amide bonds. The quantitative estimate of drug-likeness (QED) is 0.459. The van der Waals surface area contributed by atoms with Gasteiger partial charge in [-0.15, -0.1) is 11.8 Å². The highest BCUT2D eigenvalue weighted by Gasteiger charge is 2.50. The van der Waals surface area contributed by atoms with E-state index >= 15 is 0 Å². The normalized spacial score (nSPS) is 19.0. The lowest BCUT2D eigenvalue weighted by Crippen LogP contribution is -2.48. The SMILES string of the molecule is O=C(N[C@@H](C1CC1)C(F)(F)F)c1cn(-c2c(F)cc(F)cc2F)c2nc(N3CCC(O)SC3)ccc2c1=O. The van der Waals surface area contributed by atoms with E-state index in [9.17, 15) is 41.0 Å². The van der Waals surface area contributed by atoms with E-state index in [4.69, 9.17) is 0 Å². The topological polar surface area (TPSA) is 87.5 Å². The maximum atomic E-state index is 14.8. The number of thioether (sulfide) groups is 1. The Hall–Kier alpha value is -3.26. The maximum absolute atomic E-state index is 14.8. The fourth-order valence-electron chi connectivity index (χ4n) is 4.35. The van der Waals surface area contributed by atoms with E-state index in [1.54, 1.807) is 4.90 Å². The lowest BCUT2D eigenvalue weighted by molar-refractivity contribution is -0.158. The molecule has 38 heavy (non-hydrogen) atoms. The van der Waals surface area contributed by atoms with Crippen LogP contribution < -0.4 is 15.6 Å². The molecule has 1 aliphatic carbocycles. The van der Waals surface area contributed by atoms with Crippen molar-refractivity contribution in [2.45, 2.75) is 36.9 Å². The summed E-state index contributed by atoms with van der Waals surface area (Å²) in [6, 6.07) is 1.27. The number of carbonyl (C=O) groups is 1. The van der Waals surface area contributed by atoms with Crippen LogP contribution in [0, 0.1) is 23.4 Å². The molecule has 1 aromatic carbocycles. The molecule has 3 heterocycles. The van der Waals surface area contributed by atoms with Gasteiger partial charge in [0.1, 0.15) is 34.4 Å². The summed E-state index contributed by atoms with van der Waals surface area (Å²) in [6.07, 6.45) is -3.16. The number of aliphatic hydroxyl groups excluding tert-OH is 1. The average Bonchev–Trinajstić information content (AvgIpc) is 3.68. The number of halogens is 6. The van der Waals surface area contributed by atoms with Crippen LogP contribution in [0.5, 0.6) is 0 Å². The van der Waals surface area contributed by atoms with E-state index in [-0.39, 0.29) is 29.7 Å². The Morgan fingerprint density at radius 2 is 1.82 bits per heavy atom. The molecule has 2 N–H and O–H groups in total. The molecule has 0 spiro atoms. The summed E-state index contributed by atoms with van der Waals surface area (Å²) in [5, 5.41) is 11.3. The fraction of sp³-hybridized carbons (Fsp3) is 0.375. The summed E-state index contributed by atoms with van der Waals surface area (Å²) in [7, 11) is 0. The smallest absolute Gasteiger partial charge is 0.382 e. The van der Waals surface area contributed by atoms with E-state index in [2.05, 4.69) is 4.98 Å². The molecule has 1 aliphatic heterocycles. The first-order valence-corrected chi connectivity index (χ1v) is 12.6. The minimum absolute atomic E-state index is 0.247. The average molecular weight is 559 g/mol. The monoisotopic (exact) mass is 558 g/mol. The Bertz CT molecular complexity index is 1450. The number of hydrogen-bond acceptors (Lipinski definition) is 6. The van der Waals surface area contributed by atoms with Crippen molar-refractivity contribution in [1.29, 1.82) is 0 Å². The minimum atomic E-state index is -4.77. The van der Waals surface area contributed by atoms with E-state index in [1.807, 2.05) is 5.32 Å². The summed E-state index contributed by atoms with van der Waals surface area (Å²) in [5.74, 6) is -5.57. The van der Waals surface area contributed by atoms with Gasteiger partial charge in [0.15, 0.2) is 17.3 Å². The zero-order valence-corrected chi connectivity index (χ0v) is 20.3. The molecule has 3 aromatic rings. The first-order chi connectivity index (χ1) is 17.9. The third-order valence-corrected chi connectivity index (χ3v) is 7.51. The van der Waals surface area contributed by atoms with Crippen LogP contribution in [0.4, 0.5) is 32.2 Å². The Morgan fingerprint density at radius 1 is 1.13 bits per heavy atom. The van der Waals surface area contributed by atoms with Crippen molar-refractivity contribution < 1.29 is 36.2 Å². The number of aliphatic hydroxyl groups is 1. The van der Waals surface area contributed by atoms with Gasteiger partial charge >= 0.3 is 6.18 Å². The second kappa shape index (κ2) is 9.80. The number of rotatable bonds is 5. The van der Waals surface area contributed by atoms with Gasteiger partial charge in [-0.25, -0.2) is 18.2 Å². The van der Waals surface area contributed by atoms with Crippen LogP contribution in [0.3, 0.4) is 0 Å². The predicted molar refractivity (Wildman–Crippen MR) is 128 cm³/mol. The number of pyridine rings is 2. The highest BCUT2D eigenvalue weighted by Crippen LogP contribution is 2.40. The molecule has 0 radical (unpaired) electrons. The lowest BCUT2D eigenvalue weighted by atomic mass is 10.1. The van der Waals surface area contributed by atoms with Crippen molar-refractivity contribution in [2.75, 3.05) is 17.3 Å². The molecule has 5 rings (SSSR count). The van der Waals surface area contributed by atoms with Crippen LogP contribution in [0.1, 0.15) is 29.6 Å². The van der Waals surface area contributed by atoms with E-state index in [0.29, 0.717) is 37.2 Å². The van der Waals surface area contributed by atoms with E-state index in [1.165, 1.54) is 23.9 Å². The minimum Gasteiger partial charge on any atom is -0.382 e. The number of nitrogens with one attached hydrogen (secondary N) is 1. The highest BCUT2D eigenvalue weighted by atomic mass is 32.2. The molecule has 1 unspecified atom stereocenters. The molecular weight excluding hydrogens is 538 g/mol. The number of benzene rings is 1. The molecule has 1 saturated carbocycles. The van der Waals surface area contributed by atoms with Crippen molar-refractivity contribution in [3.63, 3.8) is 0 Å². The van der Waals surface area contributed by atoms with Crippen LogP contribution in [0.25, 0.3) is 16.7 Å². The van der Waals surface area contributed by atoms with Crippen LogP contribution in [0.15, 0.2) is 35.3 Å². The number of anilines is 1. The lowest BCUT2D eigenvalue weighted by Gasteiger charge is -2.30. The van der Waals surface area contributed by atoms with Crippen molar-refractivity contribution in [3.8, 4) is 5.69 Å². The van der Waals surface area contributed by atoms with Crippen molar-refractivity contribution in [1.82, 2.24) is 14.9 Å². The van der Waals surface area contributed by atoms with Crippen molar-refractivity contribution in [3.05, 3.63) is 63.7 Å². The van der Waals surface area contributed by atoms with Crippen LogP contribution in [-0.4, -0.2) is 50.6 Å². The Balaban J connectivity index is 1.67. The van der Waals surface area contributed by atoms with Gasteiger partial charge in [0, 0.05) is 31.3 Å². The summed E-state index contributed by atoms with van der Waals surface area (Å²) in [6.45, 7) is 0.386. The highest BCUT2D eigenvalue weighted by molar-refractivity contribution is 7.99. The molecule has 1 saturated heterocycles. The number of fused-ring (bicyclic) bond motifs is 1. The maximum Gasteiger partial charge on any atom is 0.408 e. The predicted octanol–water partition coefficient (Wildman–Crippen LogP) is 4.09. The zero-order chi connectivity index (χ0) is 27.4. The van der Waals surface area contributed by atoms with Crippen LogP contribution >= 0.6 is 11.8 Å². The van der Waals surface area contributed by atoms with Crippen molar-refractivity contribution in [2.24, 2.45) is 5.92 Å². The molecule has 2 aromatic heterocycles. The van der Waals surface area contributed by atoms with Gasteiger partial charge < -0.3 is 15.3 Å². The fourth-order valence-corrected chi connectivity index (χ4v) is 5.24. The molecule has 2 atom stereocenters. The third kappa shape index (κ3) is 5.06. The van der Waals surface area contributed by atoms with Gasteiger partial charge in [-0.05, 0) is 30.9 Å². The Kier molecular flexibility index (Phi) is 6.80. The summed E-state index contributed by atoms with van der Waals surface area (Å²) >= 11 is 1.22. The number of hydrogen-bond donors (Lipinski definition) is 2. The Labute approximate surface area is 215 Å². The molecule has 14 heteroatoms. The Morgan fingerprint density at radius 3 is 2.39 bits per heavy atom. The summed E-state index contributed by atoms with van der Waals surface area (Å²) in [5.41, 5.74) is -3.52. The van der Waals surface area contributed by atoms with Gasteiger partial charge in [-0.2, -0.15) is 13.2 Å². The summed E-state index contributed by atoms with van der Waals surface area (Å²) in [4.78, 5) is 32.3.